The van der Waals surface area contributed by atoms with Gasteiger partial charge in [0.2, 0.25) is 0 Å². The first-order valence-electron chi connectivity index (χ1n) is 5.21. The molecular weight excluding hydrogens is 164 g/mol. The Morgan fingerprint density at radius 2 is 1.69 bits per heavy atom. The minimum absolute atomic E-state index is 0.209. The molecule has 0 aliphatic carbocycles. The second kappa shape index (κ2) is 7.07. The Morgan fingerprint density at radius 3 is 2.15 bits per heavy atom. The molecular formula is C11H22O2. The molecule has 2 heteroatoms. The van der Waals surface area contributed by atoms with E-state index in [2.05, 4.69) is 13.8 Å². The average Bonchev–Trinajstić information content (AvgIpc) is 2.10. The fraction of sp³-hybridized carbons (Fsp3) is 0.909. The summed E-state index contributed by atoms with van der Waals surface area (Å²) in [4.78, 5) is 10.3. The smallest absolute Gasteiger partial charge is 0.125 e. The van der Waals surface area contributed by atoms with Crippen LogP contribution in [-0.2, 0) is 4.79 Å². The summed E-state index contributed by atoms with van der Waals surface area (Å²) in [6.45, 7) is 6.16. The van der Waals surface area contributed by atoms with Crippen molar-refractivity contribution in [2.24, 2.45) is 11.8 Å². The molecule has 0 rings (SSSR count). The SMILES string of the molecule is CC(C)CCCCC(O)C(C)C=O. The van der Waals surface area contributed by atoms with E-state index in [-0.39, 0.29) is 5.92 Å². The van der Waals surface area contributed by atoms with E-state index in [1.165, 1.54) is 6.42 Å². The molecule has 0 aromatic carbocycles. The van der Waals surface area contributed by atoms with Crippen molar-refractivity contribution in [3.8, 4) is 0 Å². The second-order valence-corrected chi connectivity index (χ2v) is 4.24. The number of carbonyl (C=O) groups excluding carboxylic acids is 1. The lowest BCUT2D eigenvalue weighted by atomic mass is 9.98. The van der Waals surface area contributed by atoms with Crippen molar-refractivity contribution in [2.75, 3.05) is 0 Å². The highest BCUT2D eigenvalue weighted by Crippen LogP contribution is 2.12. The normalized spacial score (nSPS) is 15.8. The van der Waals surface area contributed by atoms with E-state index < -0.39 is 6.10 Å². The van der Waals surface area contributed by atoms with Crippen LogP contribution < -0.4 is 0 Å². The van der Waals surface area contributed by atoms with E-state index in [0.29, 0.717) is 0 Å². The van der Waals surface area contributed by atoms with Crippen LogP contribution in [0.4, 0.5) is 0 Å². The molecule has 0 spiro atoms. The fourth-order valence-electron chi connectivity index (χ4n) is 1.26. The summed E-state index contributed by atoms with van der Waals surface area (Å²) in [7, 11) is 0. The number of carbonyl (C=O) groups is 1. The zero-order valence-corrected chi connectivity index (χ0v) is 8.99. The largest absolute Gasteiger partial charge is 0.392 e. The Balaban J connectivity index is 3.36. The summed E-state index contributed by atoms with van der Waals surface area (Å²) in [5, 5.41) is 9.45. The third kappa shape index (κ3) is 6.76. The van der Waals surface area contributed by atoms with Crippen LogP contribution in [0.5, 0.6) is 0 Å². The first-order valence-corrected chi connectivity index (χ1v) is 5.21. The van der Waals surface area contributed by atoms with Crippen molar-refractivity contribution in [3.05, 3.63) is 0 Å². The van der Waals surface area contributed by atoms with Crippen LogP contribution in [0.3, 0.4) is 0 Å². The molecule has 0 bridgehead atoms. The van der Waals surface area contributed by atoms with Crippen LogP contribution in [0.1, 0.15) is 46.5 Å². The monoisotopic (exact) mass is 186 g/mol. The topological polar surface area (TPSA) is 37.3 Å². The van der Waals surface area contributed by atoms with E-state index in [0.717, 1.165) is 31.5 Å². The Morgan fingerprint density at radius 1 is 1.15 bits per heavy atom. The highest BCUT2D eigenvalue weighted by molar-refractivity contribution is 5.53. The molecule has 13 heavy (non-hydrogen) atoms. The van der Waals surface area contributed by atoms with Gasteiger partial charge in [0, 0.05) is 5.92 Å². The fourth-order valence-corrected chi connectivity index (χ4v) is 1.26. The number of aliphatic hydroxyl groups excluding tert-OH is 1. The molecule has 2 unspecified atom stereocenters. The zero-order chi connectivity index (χ0) is 10.3. The molecule has 0 aliphatic rings. The third-order valence-electron chi connectivity index (χ3n) is 2.35. The minimum Gasteiger partial charge on any atom is -0.392 e. The quantitative estimate of drug-likeness (QED) is 0.489. The molecule has 0 saturated heterocycles. The average molecular weight is 186 g/mol. The van der Waals surface area contributed by atoms with Crippen molar-refractivity contribution in [2.45, 2.75) is 52.6 Å². The standard InChI is InChI=1S/C11H22O2/c1-9(2)6-4-5-7-11(13)10(3)8-12/h8-11,13H,4-7H2,1-3H3. The summed E-state index contributed by atoms with van der Waals surface area (Å²) in [5.41, 5.74) is 0. The van der Waals surface area contributed by atoms with Gasteiger partial charge in [-0.15, -0.1) is 0 Å². The van der Waals surface area contributed by atoms with Gasteiger partial charge in [-0.2, -0.15) is 0 Å². The summed E-state index contributed by atoms with van der Waals surface area (Å²) in [6.07, 6.45) is 4.53. The molecule has 0 aliphatic heterocycles. The maximum absolute atomic E-state index is 10.3. The Hall–Kier alpha value is -0.370. The lowest BCUT2D eigenvalue weighted by Gasteiger charge is -2.13. The Labute approximate surface area is 81.3 Å². The number of aldehydes is 1. The van der Waals surface area contributed by atoms with Crippen LogP contribution in [0, 0.1) is 11.8 Å². The summed E-state index contributed by atoms with van der Waals surface area (Å²) in [5.74, 6) is 0.527. The molecule has 0 amide bonds. The lowest BCUT2D eigenvalue weighted by Crippen LogP contribution is -2.18. The number of aliphatic hydroxyl groups is 1. The predicted molar refractivity (Wildman–Crippen MR) is 54.5 cm³/mol. The summed E-state index contributed by atoms with van der Waals surface area (Å²) in [6, 6.07) is 0. The van der Waals surface area contributed by atoms with Gasteiger partial charge in [-0.1, -0.05) is 40.0 Å². The van der Waals surface area contributed by atoms with Crippen LogP contribution in [0.15, 0.2) is 0 Å². The van der Waals surface area contributed by atoms with Gasteiger partial charge in [0.1, 0.15) is 6.29 Å². The number of rotatable bonds is 7. The molecule has 0 radical (unpaired) electrons. The Kier molecular flexibility index (Phi) is 6.87. The van der Waals surface area contributed by atoms with Gasteiger partial charge >= 0.3 is 0 Å². The number of hydrogen-bond acceptors (Lipinski definition) is 2. The van der Waals surface area contributed by atoms with E-state index >= 15 is 0 Å². The molecule has 2 nitrogen and oxygen atoms in total. The first-order chi connectivity index (χ1) is 6.07. The van der Waals surface area contributed by atoms with Crippen molar-refractivity contribution in [1.29, 1.82) is 0 Å². The maximum Gasteiger partial charge on any atom is 0.125 e. The van der Waals surface area contributed by atoms with Crippen molar-refractivity contribution < 1.29 is 9.90 Å². The highest BCUT2D eigenvalue weighted by atomic mass is 16.3. The van der Waals surface area contributed by atoms with Crippen molar-refractivity contribution in [1.82, 2.24) is 0 Å². The van der Waals surface area contributed by atoms with E-state index in [4.69, 9.17) is 0 Å². The number of unbranched alkanes of at least 4 members (excludes halogenated alkanes) is 1. The Bertz CT molecular complexity index is 132. The van der Waals surface area contributed by atoms with Crippen LogP contribution >= 0.6 is 0 Å². The van der Waals surface area contributed by atoms with Gasteiger partial charge in [0.05, 0.1) is 6.10 Å². The van der Waals surface area contributed by atoms with E-state index in [9.17, 15) is 9.90 Å². The van der Waals surface area contributed by atoms with E-state index in [1.54, 1.807) is 6.92 Å². The molecule has 78 valence electrons. The van der Waals surface area contributed by atoms with Gasteiger partial charge in [-0.25, -0.2) is 0 Å². The van der Waals surface area contributed by atoms with Crippen molar-refractivity contribution >= 4 is 6.29 Å². The molecule has 0 heterocycles. The van der Waals surface area contributed by atoms with Crippen LogP contribution in [0.25, 0.3) is 0 Å². The molecule has 1 N–H and O–H groups in total. The molecule has 0 aromatic heterocycles. The molecule has 0 fully saturated rings. The van der Waals surface area contributed by atoms with Crippen molar-refractivity contribution in [3.63, 3.8) is 0 Å². The van der Waals surface area contributed by atoms with Gasteiger partial charge in [0.25, 0.3) is 0 Å². The van der Waals surface area contributed by atoms with Gasteiger partial charge in [0.15, 0.2) is 0 Å². The van der Waals surface area contributed by atoms with Gasteiger partial charge in [-0.05, 0) is 12.3 Å². The molecule has 0 aromatic rings. The zero-order valence-electron chi connectivity index (χ0n) is 8.99. The minimum atomic E-state index is -0.440. The first kappa shape index (κ1) is 12.6. The van der Waals surface area contributed by atoms with Gasteiger partial charge in [-0.3, -0.25) is 0 Å². The van der Waals surface area contributed by atoms with Crippen LogP contribution in [-0.4, -0.2) is 17.5 Å². The predicted octanol–water partition coefficient (Wildman–Crippen LogP) is 2.40. The summed E-state index contributed by atoms with van der Waals surface area (Å²) < 4.78 is 0. The highest BCUT2D eigenvalue weighted by Gasteiger charge is 2.12. The molecule has 2 atom stereocenters. The maximum atomic E-state index is 10.3. The number of hydrogen-bond donors (Lipinski definition) is 1. The van der Waals surface area contributed by atoms with Gasteiger partial charge < -0.3 is 9.90 Å². The van der Waals surface area contributed by atoms with Crippen LogP contribution in [0.2, 0.25) is 0 Å². The lowest BCUT2D eigenvalue weighted by molar-refractivity contribution is -0.113. The third-order valence-corrected chi connectivity index (χ3v) is 2.35. The summed E-state index contributed by atoms with van der Waals surface area (Å²) >= 11 is 0. The van der Waals surface area contributed by atoms with E-state index in [1.807, 2.05) is 0 Å². The molecule has 0 saturated carbocycles. The second-order valence-electron chi connectivity index (χ2n) is 4.24.